The number of nitrogens with one attached hydrogen (secondary N) is 1. The molecule has 6 N–H and O–H groups in total. The van der Waals surface area contributed by atoms with E-state index in [-0.39, 0.29) is 0 Å². The number of H-pyrrole nitrogens is 1. The zero-order valence-corrected chi connectivity index (χ0v) is 15.9. The van der Waals surface area contributed by atoms with Gasteiger partial charge in [-0.3, -0.25) is 18.9 Å². The van der Waals surface area contributed by atoms with Gasteiger partial charge >= 0.3 is 15.6 Å². The van der Waals surface area contributed by atoms with Gasteiger partial charge in [0.15, 0.2) is 11.0 Å². The lowest BCUT2D eigenvalue weighted by atomic mass is 10.1. The summed E-state index contributed by atoms with van der Waals surface area (Å²) in [5, 5.41) is 19.5. The van der Waals surface area contributed by atoms with Crippen LogP contribution in [-0.2, 0) is 22.7 Å². The molecule has 0 radical (unpaired) electrons. The van der Waals surface area contributed by atoms with Gasteiger partial charge in [0.05, 0.1) is 2.74 Å². The van der Waals surface area contributed by atoms with Crippen LogP contribution in [0.5, 0.6) is 0 Å². The van der Waals surface area contributed by atoms with Gasteiger partial charge in [-0.1, -0.05) is 11.6 Å². The molecule has 1 aromatic rings. The predicted octanol–water partition coefficient (Wildman–Crippen LogP) is -0.298. The van der Waals surface area contributed by atoms with Crippen molar-refractivity contribution in [1.29, 1.82) is 0 Å². The lowest BCUT2D eigenvalue weighted by Gasteiger charge is -2.24. The third-order valence-electron chi connectivity index (χ3n) is 3.00. The van der Waals surface area contributed by atoms with E-state index in [2.05, 4.69) is 13.6 Å². The molecule has 1 fully saturated rings. The molecule has 0 aromatic carbocycles. The van der Waals surface area contributed by atoms with E-state index in [4.69, 9.17) is 36.3 Å². The highest BCUT2D eigenvalue weighted by molar-refractivity contribution is 7.71. The van der Waals surface area contributed by atoms with E-state index in [9.17, 15) is 29.0 Å². The average Bonchev–Trinajstić information content (AvgIpc) is 2.73. The van der Waals surface area contributed by atoms with E-state index in [0.29, 0.717) is 4.57 Å². The van der Waals surface area contributed by atoms with Crippen molar-refractivity contribution in [2.45, 2.75) is 24.3 Å². The number of aromatic amines is 1. The minimum absolute atomic E-state index is 0.487. The fourth-order valence-electron chi connectivity index (χ4n) is 1.92. The first kappa shape index (κ1) is 19.8. The molecule has 1 aromatic heterocycles. The van der Waals surface area contributed by atoms with Gasteiger partial charge in [-0.25, -0.2) is 13.5 Å². The average molecular weight is 475 g/mol. The van der Waals surface area contributed by atoms with E-state index in [0.717, 1.165) is 6.20 Å². The number of phosphoric acid groups is 2. The molecule has 1 unspecified atom stereocenters. The van der Waals surface area contributed by atoms with E-state index in [1.165, 1.54) is 0 Å². The summed E-state index contributed by atoms with van der Waals surface area (Å²) in [6, 6.07) is 0. The maximum atomic E-state index is 15.2. The maximum absolute atomic E-state index is 15.2. The summed E-state index contributed by atoms with van der Waals surface area (Å²) < 4.78 is 64.3. The van der Waals surface area contributed by atoms with Crippen LogP contribution in [0.4, 0.5) is 4.39 Å². The lowest BCUT2D eigenvalue weighted by Crippen LogP contribution is -2.42. The quantitative estimate of drug-likeness (QED) is 0.232. The molecule has 154 valence electrons. The van der Waals surface area contributed by atoms with E-state index >= 15 is 4.39 Å². The Bertz CT molecular complexity index is 1020. The van der Waals surface area contributed by atoms with Crippen molar-refractivity contribution in [3.05, 3.63) is 26.3 Å². The van der Waals surface area contributed by atoms with Gasteiger partial charge in [-0.15, -0.1) is 0 Å². The standard InChI is InChI=1S/C9H12ClFN2O11P2S/c10-3-1-13(8(27)12-6(3)16)7-4(14)5(15)9(11,23-7)2-22-26(20,21)24-25(17,18)19/h1,4-5,7,14-15H,2H2,(H,20,21)(H,12,16,27)(H2,17,18,19)/t4-,5+,7-,9-/m1/s1/i2D2. The molecule has 0 bridgehead atoms. The molecular weight excluding hydrogens is 461 g/mol. The first-order valence-corrected chi connectivity index (χ1v) is 10.3. The normalized spacial score (nSPS) is 32.6. The van der Waals surface area contributed by atoms with Crippen LogP contribution < -0.4 is 5.56 Å². The second-order valence-corrected chi connectivity index (χ2v) is 8.51. The minimum Gasteiger partial charge on any atom is -0.385 e. The monoisotopic (exact) mass is 474 g/mol. The first-order chi connectivity index (χ1) is 12.9. The summed E-state index contributed by atoms with van der Waals surface area (Å²) in [6.45, 7) is -4.12. The molecule has 0 amide bonds. The number of aliphatic hydroxyl groups is 2. The molecule has 0 aliphatic carbocycles. The number of aliphatic hydroxyl groups excluding tert-OH is 2. The van der Waals surface area contributed by atoms with Gasteiger partial charge in [-0.2, -0.15) is 4.31 Å². The number of ether oxygens (including phenoxy) is 1. The smallest absolute Gasteiger partial charge is 0.385 e. The van der Waals surface area contributed by atoms with Crippen LogP contribution >= 0.6 is 39.5 Å². The Labute approximate surface area is 161 Å². The predicted molar refractivity (Wildman–Crippen MR) is 85.8 cm³/mol. The van der Waals surface area contributed by atoms with Crippen molar-refractivity contribution >= 4 is 39.5 Å². The molecule has 5 atom stereocenters. The summed E-state index contributed by atoms with van der Waals surface area (Å²) in [7, 11) is -11.6. The molecule has 18 heteroatoms. The number of hydrogen-bond acceptors (Lipinski definition) is 9. The largest absolute Gasteiger partial charge is 0.481 e. The maximum Gasteiger partial charge on any atom is 0.481 e. The van der Waals surface area contributed by atoms with Gasteiger partial charge in [0, 0.05) is 6.20 Å². The number of halogens is 2. The first-order valence-electron chi connectivity index (χ1n) is 7.44. The minimum atomic E-state index is -5.94. The van der Waals surface area contributed by atoms with Crippen molar-refractivity contribution in [3.63, 3.8) is 0 Å². The highest BCUT2D eigenvalue weighted by Gasteiger charge is 2.57. The third-order valence-corrected chi connectivity index (χ3v) is 5.58. The zero-order valence-electron chi connectivity index (χ0n) is 14.5. The van der Waals surface area contributed by atoms with Crippen LogP contribution in [0.2, 0.25) is 5.02 Å². The van der Waals surface area contributed by atoms with Crippen LogP contribution in [0.3, 0.4) is 0 Å². The highest BCUT2D eigenvalue weighted by Crippen LogP contribution is 2.58. The van der Waals surface area contributed by atoms with E-state index in [1.54, 1.807) is 0 Å². The van der Waals surface area contributed by atoms with Gasteiger partial charge < -0.3 is 29.6 Å². The van der Waals surface area contributed by atoms with Gasteiger partial charge in [0.25, 0.3) is 11.4 Å². The summed E-state index contributed by atoms with van der Waals surface area (Å²) >= 11 is 10.4. The van der Waals surface area contributed by atoms with E-state index < -0.39 is 61.8 Å². The Morgan fingerprint density at radius 3 is 2.63 bits per heavy atom. The highest BCUT2D eigenvalue weighted by atomic mass is 35.5. The fraction of sp³-hybridized carbons (Fsp3) is 0.556. The molecule has 2 rings (SSSR count). The Balaban J connectivity index is 2.42. The fourth-order valence-corrected chi connectivity index (χ4v) is 3.77. The number of alkyl halides is 1. The Hall–Kier alpha value is -0.540. The molecular formula is C9H12ClFN2O11P2S. The van der Waals surface area contributed by atoms with Crippen molar-refractivity contribution in [2.75, 3.05) is 6.56 Å². The van der Waals surface area contributed by atoms with Gasteiger partial charge in [0.1, 0.15) is 23.8 Å². The molecule has 13 nitrogen and oxygen atoms in total. The molecule has 1 aliphatic heterocycles. The van der Waals surface area contributed by atoms with Crippen LogP contribution in [0, 0.1) is 4.77 Å². The van der Waals surface area contributed by atoms with Crippen molar-refractivity contribution < 1.29 is 54.7 Å². The molecule has 1 aliphatic rings. The lowest BCUT2D eigenvalue weighted by molar-refractivity contribution is -0.204. The number of aromatic nitrogens is 2. The number of nitrogens with zero attached hydrogens (tertiary/aromatic N) is 1. The van der Waals surface area contributed by atoms with Crippen molar-refractivity contribution in [2.24, 2.45) is 0 Å². The summed E-state index contributed by atoms with van der Waals surface area (Å²) in [5.41, 5.74) is -0.859. The number of phosphoric ester groups is 1. The molecule has 2 heterocycles. The SMILES string of the molecule is [2H]C([2H])(OP(=O)(O)OP(=O)(O)O)[C@@]1(F)O[C@@H](n2cc(Cl)c(=O)[nH]c2=S)[C@H](O)[C@@H]1O. The molecule has 27 heavy (non-hydrogen) atoms. The number of rotatable bonds is 6. The van der Waals surface area contributed by atoms with Crippen molar-refractivity contribution in [3.8, 4) is 0 Å². The van der Waals surface area contributed by atoms with Gasteiger partial charge in [-0.05, 0) is 12.2 Å². The Morgan fingerprint density at radius 1 is 1.48 bits per heavy atom. The Kier molecular flexibility index (Phi) is 5.64. The third kappa shape index (κ3) is 5.29. The van der Waals surface area contributed by atoms with Crippen LogP contribution in [-0.4, -0.2) is 59.1 Å². The summed E-state index contributed by atoms with van der Waals surface area (Å²) in [4.78, 5) is 39.7. The molecule has 0 saturated carbocycles. The summed E-state index contributed by atoms with van der Waals surface area (Å²) in [6.07, 6.45) is -6.31. The van der Waals surface area contributed by atoms with Crippen LogP contribution in [0.15, 0.2) is 11.0 Å². The van der Waals surface area contributed by atoms with Crippen LogP contribution in [0.1, 0.15) is 8.97 Å². The van der Waals surface area contributed by atoms with E-state index in [1.807, 2.05) is 4.98 Å². The van der Waals surface area contributed by atoms with Crippen LogP contribution in [0.25, 0.3) is 0 Å². The Morgan fingerprint density at radius 2 is 2.07 bits per heavy atom. The van der Waals surface area contributed by atoms with Crippen molar-refractivity contribution in [1.82, 2.24) is 9.55 Å². The van der Waals surface area contributed by atoms with Gasteiger partial charge in [0.2, 0.25) is 0 Å². The topological polar surface area (TPSA) is 201 Å². The second-order valence-electron chi connectivity index (χ2n) is 4.97. The second kappa shape index (κ2) is 7.71. The zero-order chi connectivity index (χ0) is 22.6. The summed E-state index contributed by atoms with van der Waals surface area (Å²) in [5.74, 6) is -4.09. The molecule has 1 saturated heterocycles. The number of hydrogen-bond donors (Lipinski definition) is 6. The molecule has 0 spiro atoms.